The summed E-state index contributed by atoms with van der Waals surface area (Å²) >= 11 is 0. The van der Waals surface area contributed by atoms with Gasteiger partial charge in [-0.25, -0.2) is 0 Å². The van der Waals surface area contributed by atoms with E-state index in [4.69, 9.17) is 4.74 Å². The average Bonchev–Trinajstić information content (AvgIpc) is 2.43. The topological polar surface area (TPSA) is 24.5 Å². The molecule has 0 aliphatic heterocycles. The Labute approximate surface area is 130 Å². The van der Waals surface area contributed by atoms with Gasteiger partial charge < -0.3 is 15.0 Å². The number of benzene rings is 1. The van der Waals surface area contributed by atoms with E-state index in [0.29, 0.717) is 12.1 Å². The van der Waals surface area contributed by atoms with Crippen molar-refractivity contribution in [3.63, 3.8) is 0 Å². The lowest BCUT2D eigenvalue weighted by molar-refractivity contribution is 0.241. The molecule has 0 aliphatic carbocycles. The molecule has 1 rings (SSSR count). The Balaban J connectivity index is 2.42. The second kappa shape index (κ2) is 9.06. The van der Waals surface area contributed by atoms with Gasteiger partial charge in [0.1, 0.15) is 5.75 Å². The van der Waals surface area contributed by atoms with Crippen molar-refractivity contribution in [2.75, 3.05) is 27.7 Å². The fourth-order valence-corrected chi connectivity index (χ4v) is 2.55. The Morgan fingerprint density at radius 1 is 1.10 bits per heavy atom. The highest BCUT2D eigenvalue weighted by Crippen LogP contribution is 2.13. The van der Waals surface area contributed by atoms with Crippen molar-refractivity contribution in [3.05, 3.63) is 29.8 Å². The van der Waals surface area contributed by atoms with Gasteiger partial charge in [-0.1, -0.05) is 26.0 Å². The third-order valence-electron chi connectivity index (χ3n) is 3.88. The summed E-state index contributed by atoms with van der Waals surface area (Å²) in [6.45, 7) is 7.88. The highest BCUT2D eigenvalue weighted by atomic mass is 16.5. The van der Waals surface area contributed by atoms with Crippen LogP contribution in [-0.4, -0.2) is 44.7 Å². The van der Waals surface area contributed by atoms with E-state index in [9.17, 15) is 0 Å². The summed E-state index contributed by atoms with van der Waals surface area (Å²) < 4.78 is 5.20. The summed E-state index contributed by atoms with van der Waals surface area (Å²) in [7, 11) is 6.04. The van der Waals surface area contributed by atoms with Gasteiger partial charge in [0.15, 0.2) is 0 Å². The average molecular weight is 292 g/mol. The number of nitrogens with one attached hydrogen (secondary N) is 1. The van der Waals surface area contributed by atoms with Crippen LogP contribution < -0.4 is 10.1 Å². The highest BCUT2D eigenvalue weighted by Gasteiger charge is 2.14. The van der Waals surface area contributed by atoms with Crippen molar-refractivity contribution < 1.29 is 4.74 Å². The predicted octanol–water partition coefficient (Wildman–Crippen LogP) is 3.19. The Bertz CT molecular complexity index is 387. The summed E-state index contributed by atoms with van der Waals surface area (Å²) in [5.74, 6) is 1.65. The third kappa shape index (κ3) is 6.96. The van der Waals surface area contributed by atoms with Crippen LogP contribution in [-0.2, 0) is 6.42 Å². The molecule has 0 amide bonds. The minimum absolute atomic E-state index is 0.480. The lowest BCUT2D eigenvalue weighted by Gasteiger charge is -2.28. The normalized spacial score (nSPS) is 14.5. The van der Waals surface area contributed by atoms with E-state index in [1.807, 2.05) is 12.1 Å². The molecular formula is C18H32N2O. The number of hydrogen-bond acceptors (Lipinski definition) is 3. The second-order valence-corrected chi connectivity index (χ2v) is 6.61. The van der Waals surface area contributed by atoms with Gasteiger partial charge in [-0.05, 0) is 57.5 Å². The molecule has 120 valence electrons. The van der Waals surface area contributed by atoms with E-state index in [-0.39, 0.29) is 0 Å². The second-order valence-electron chi connectivity index (χ2n) is 6.61. The molecule has 0 aliphatic rings. The standard InChI is InChI=1S/C18H32N2O/c1-14(2)11-17(20(4)5)13-19-15(3)12-16-7-9-18(21-6)10-8-16/h7-10,14-15,17,19H,11-13H2,1-6H3. The minimum atomic E-state index is 0.480. The largest absolute Gasteiger partial charge is 0.497 e. The highest BCUT2D eigenvalue weighted by molar-refractivity contribution is 5.27. The molecule has 21 heavy (non-hydrogen) atoms. The van der Waals surface area contributed by atoms with Crippen molar-refractivity contribution in [3.8, 4) is 5.75 Å². The van der Waals surface area contributed by atoms with E-state index in [2.05, 4.69) is 57.2 Å². The number of likely N-dealkylation sites (N-methyl/N-ethyl adjacent to an activating group) is 1. The fourth-order valence-electron chi connectivity index (χ4n) is 2.55. The van der Waals surface area contributed by atoms with Crippen LogP contribution >= 0.6 is 0 Å². The lowest BCUT2D eigenvalue weighted by atomic mass is 10.0. The van der Waals surface area contributed by atoms with Crippen LogP contribution in [0.1, 0.15) is 32.8 Å². The molecule has 1 aromatic rings. The molecular weight excluding hydrogens is 260 g/mol. The zero-order valence-corrected chi connectivity index (χ0v) is 14.5. The molecule has 3 nitrogen and oxygen atoms in total. The molecule has 0 heterocycles. The zero-order valence-electron chi connectivity index (χ0n) is 14.5. The summed E-state index contributed by atoms with van der Waals surface area (Å²) in [6, 6.07) is 9.44. The van der Waals surface area contributed by atoms with E-state index in [1.165, 1.54) is 12.0 Å². The smallest absolute Gasteiger partial charge is 0.118 e. The molecule has 1 aromatic carbocycles. The van der Waals surface area contributed by atoms with E-state index >= 15 is 0 Å². The van der Waals surface area contributed by atoms with E-state index in [1.54, 1.807) is 7.11 Å². The molecule has 0 saturated heterocycles. The van der Waals surface area contributed by atoms with Crippen LogP contribution in [0.5, 0.6) is 5.75 Å². The monoisotopic (exact) mass is 292 g/mol. The van der Waals surface area contributed by atoms with Gasteiger partial charge in [0.2, 0.25) is 0 Å². The first kappa shape index (κ1) is 18.0. The van der Waals surface area contributed by atoms with Crippen LogP contribution in [0, 0.1) is 5.92 Å². The van der Waals surface area contributed by atoms with Crippen LogP contribution in [0.3, 0.4) is 0 Å². The molecule has 2 atom stereocenters. The molecule has 0 bridgehead atoms. The summed E-state index contributed by atoms with van der Waals surface area (Å²) in [6.07, 6.45) is 2.28. The number of hydrogen-bond donors (Lipinski definition) is 1. The lowest BCUT2D eigenvalue weighted by Crippen LogP contribution is -2.42. The van der Waals surface area contributed by atoms with Crippen molar-refractivity contribution >= 4 is 0 Å². The first-order valence-electron chi connectivity index (χ1n) is 7.95. The van der Waals surface area contributed by atoms with Gasteiger partial charge in [0, 0.05) is 18.6 Å². The quantitative estimate of drug-likeness (QED) is 0.756. The van der Waals surface area contributed by atoms with Crippen molar-refractivity contribution in [2.45, 2.75) is 45.7 Å². The molecule has 1 N–H and O–H groups in total. The van der Waals surface area contributed by atoms with E-state index in [0.717, 1.165) is 24.6 Å². The molecule has 0 radical (unpaired) electrons. The molecule has 0 aromatic heterocycles. The van der Waals surface area contributed by atoms with Gasteiger partial charge in [0.05, 0.1) is 7.11 Å². The van der Waals surface area contributed by atoms with E-state index < -0.39 is 0 Å². The minimum Gasteiger partial charge on any atom is -0.497 e. The zero-order chi connectivity index (χ0) is 15.8. The van der Waals surface area contributed by atoms with Crippen LogP contribution in [0.25, 0.3) is 0 Å². The Morgan fingerprint density at radius 3 is 2.19 bits per heavy atom. The van der Waals surface area contributed by atoms with Gasteiger partial charge in [0.25, 0.3) is 0 Å². The number of rotatable bonds is 9. The number of methoxy groups -OCH3 is 1. The predicted molar refractivity (Wildman–Crippen MR) is 91.1 cm³/mol. The number of ether oxygens (including phenoxy) is 1. The summed E-state index contributed by atoms with van der Waals surface area (Å²) in [5, 5.41) is 3.67. The van der Waals surface area contributed by atoms with Gasteiger partial charge in [-0.2, -0.15) is 0 Å². The van der Waals surface area contributed by atoms with Crippen molar-refractivity contribution in [1.82, 2.24) is 10.2 Å². The van der Waals surface area contributed by atoms with Gasteiger partial charge in [-0.3, -0.25) is 0 Å². The summed E-state index contributed by atoms with van der Waals surface area (Å²) in [5.41, 5.74) is 1.35. The first-order valence-corrected chi connectivity index (χ1v) is 7.95. The Morgan fingerprint density at radius 2 is 1.71 bits per heavy atom. The summed E-state index contributed by atoms with van der Waals surface area (Å²) in [4.78, 5) is 2.33. The molecule has 2 unspecified atom stereocenters. The Hall–Kier alpha value is -1.06. The SMILES string of the molecule is COc1ccc(CC(C)NCC(CC(C)C)N(C)C)cc1. The van der Waals surface area contributed by atoms with Crippen LogP contribution in [0.2, 0.25) is 0 Å². The maximum absolute atomic E-state index is 5.20. The number of nitrogens with zero attached hydrogens (tertiary/aromatic N) is 1. The van der Waals surface area contributed by atoms with Crippen molar-refractivity contribution in [2.24, 2.45) is 5.92 Å². The molecule has 0 spiro atoms. The Kier molecular flexibility index (Phi) is 7.76. The van der Waals surface area contributed by atoms with Crippen molar-refractivity contribution in [1.29, 1.82) is 0 Å². The molecule has 3 heteroatoms. The van der Waals surface area contributed by atoms with Gasteiger partial charge >= 0.3 is 0 Å². The maximum atomic E-state index is 5.20. The van der Waals surface area contributed by atoms with Gasteiger partial charge in [-0.15, -0.1) is 0 Å². The fraction of sp³-hybridized carbons (Fsp3) is 0.667. The molecule has 0 fully saturated rings. The van der Waals surface area contributed by atoms with Crippen LogP contribution in [0.4, 0.5) is 0 Å². The maximum Gasteiger partial charge on any atom is 0.118 e. The first-order chi connectivity index (χ1) is 9.92. The molecule has 0 saturated carbocycles. The van der Waals surface area contributed by atoms with Crippen LogP contribution in [0.15, 0.2) is 24.3 Å². The third-order valence-corrected chi connectivity index (χ3v) is 3.88.